The maximum Gasteiger partial charge on any atom is 0.433 e. The molecule has 0 saturated carbocycles. The number of alkyl halides is 3. The highest BCUT2D eigenvalue weighted by molar-refractivity contribution is 5.35. The first-order valence-electron chi connectivity index (χ1n) is 5.09. The van der Waals surface area contributed by atoms with Crippen molar-refractivity contribution in [2.75, 3.05) is 11.9 Å². The third-order valence-electron chi connectivity index (χ3n) is 2.10. The van der Waals surface area contributed by atoms with E-state index in [4.69, 9.17) is 0 Å². The first-order valence-corrected chi connectivity index (χ1v) is 5.09. The molecule has 0 spiro atoms. The van der Waals surface area contributed by atoms with Crippen LogP contribution in [0.1, 0.15) is 11.5 Å². The van der Waals surface area contributed by atoms with Crippen molar-refractivity contribution < 1.29 is 17.7 Å². The number of hydrogen-bond acceptors (Lipinski definition) is 5. The lowest BCUT2D eigenvalue weighted by molar-refractivity contribution is -0.141. The van der Waals surface area contributed by atoms with Crippen molar-refractivity contribution in [3.63, 3.8) is 0 Å². The van der Waals surface area contributed by atoms with E-state index in [9.17, 15) is 13.2 Å². The molecule has 0 fully saturated rings. The van der Waals surface area contributed by atoms with Crippen molar-refractivity contribution in [2.24, 2.45) is 0 Å². The molecule has 0 aromatic carbocycles. The Balaban J connectivity index is 1.93. The molecule has 2 aromatic heterocycles. The van der Waals surface area contributed by atoms with Crippen LogP contribution in [0, 0.1) is 0 Å². The Hall–Kier alpha value is -2.12. The van der Waals surface area contributed by atoms with Crippen molar-refractivity contribution >= 4 is 5.82 Å². The summed E-state index contributed by atoms with van der Waals surface area (Å²) in [6.07, 6.45) is -2.81. The number of halogens is 3. The zero-order chi connectivity index (χ0) is 13.0. The maximum atomic E-state index is 12.4. The molecule has 0 bridgehead atoms. The minimum Gasteiger partial charge on any atom is -0.370 e. The van der Waals surface area contributed by atoms with Crippen molar-refractivity contribution in [1.82, 2.24) is 15.1 Å². The molecular formula is C10H9F3N4O. The highest BCUT2D eigenvalue weighted by Crippen LogP contribution is 2.28. The smallest absolute Gasteiger partial charge is 0.370 e. The van der Waals surface area contributed by atoms with E-state index in [-0.39, 0.29) is 5.82 Å². The zero-order valence-electron chi connectivity index (χ0n) is 9.11. The quantitative estimate of drug-likeness (QED) is 0.910. The fraction of sp³-hybridized carbons (Fsp3) is 0.300. The number of nitrogens with zero attached hydrogens (tertiary/aromatic N) is 3. The second kappa shape index (κ2) is 5.03. The topological polar surface area (TPSA) is 63.8 Å². The molecule has 0 atom stereocenters. The van der Waals surface area contributed by atoms with Crippen LogP contribution in [0.2, 0.25) is 0 Å². The summed E-state index contributed by atoms with van der Waals surface area (Å²) in [6.45, 7) is 0.369. The van der Waals surface area contributed by atoms with Crippen molar-refractivity contribution in [3.8, 4) is 0 Å². The number of aromatic nitrogens is 3. The van der Waals surface area contributed by atoms with Gasteiger partial charge in [0.1, 0.15) is 11.5 Å². The van der Waals surface area contributed by atoms with Gasteiger partial charge in [-0.05, 0) is 12.1 Å². The molecule has 0 aliphatic rings. The van der Waals surface area contributed by atoms with Crippen LogP contribution in [0.15, 0.2) is 29.1 Å². The summed E-state index contributed by atoms with van der Waals surface area (Å²) < 4.78 is 41.7. The van der Waals surface area contributed by atoms with Gasteiger partial charge in [-0.15, -0.1) is 0 Å². The summed E-state index contributed by atoms with van der Waals surface area (Å²) in [6, 6.07) is 3.68. The van der Waals surface area contributed by atoms with Gasteiger partial charge in [-0.1, -0.05) is 11.2 Å². The standard InChI is InChI=1S/C10H9F3N4O/c11-10(12,13)7-2-1-3-8(16-7)14-5-4-9-15-6-18-17-9/h1-3,6H,4-5H2,(H,14,16). The molecule has 0 amide bonds. The van der Waals surface area contributed by atoms with Crippen molar-refractivity contribution in [2.45, 2.75) is 12.6 Å². The third-order valence-corrected chi connectivity index (χ3v) is 2.10. The van der Waals surface area contributed by atoms with Crippen LogP contribution < -0.4 is 5.32 Å². The van der Waals surface area contributed by atoms with E-state index in [1.54, 1.807) is 0 Å². The SMILES string of the molecule is FC(F)(F)c1cccc(NCCc2ncon2)n1. The maximum absolute atomic E-state index is 12.4. The number of rotatable bonds is 4. The Labute approximate surface area is 100 Å². The fourth-order valence-electron chi connectivity index (χ4n) is 1.30. The van der Waals surface area contributed by atoms with Gasteiger partial charge in [-0.2, -0.15) is 18.2 Å². The van der Waals surface area contributed by atoms with E-state index in [2.05, 4.69) is 25.0 Å². The Morgan fingerprint density at radius 1 is 1.28 bits per heavy atom. The molecule has 8 heteroatoms. The van der Waals surface area contributed by atoms with Crippen LogP contribution in [0.5, 0.6) is 0 Å². The molecular weight excluding hydrogens is 249 g/mol. The Morgan fingerprint density at radius 2 is 2.11 bits per heavy atom. The van der Waals surface area contributed by atoms with E-state index in [1.807, 2.05) is 0 Å². The van der Waals surface area contributed by atoms with E-state index in [0.717, 1.165) is 6.07 Å². The van der Waals surface area contributed by atoms with Crippen LogP contribution in [0.25, 0.3) is 0 Å². The number of anilines is 1. The van der Waals surface area contributed by atoms with Crippen molar-refractivity contribution in [3.05, 3.63) is 36.1 Å². The number of nitrogens with one attached hydrogen (secondary N) is 1. The van der Waals surface area contributed by atoms with E-state index < -0.39 is 11.9 Å². The minimum atomic E-state index is -4.44. The largest absolute Gasteiger partial charge is 0.433 e. The van der Waals surface area contributed by atoms with Crippen LogP contribution in [0.3, 0.4) is 0 Å². The molecule has 0 unspecified atom stereocenters. The number of pyridine rings is 1. The van der Waals surface area contributed by atoms with Crippen LogP contribution >= 0.6 is 0 Å². The van der Waals surface area contributed by atoms with Crippen LogP contribution in [-0.4, -0.2) is 21.7 Å². The molecule has 2 aromatic rings. The average molecular weight is 258 g/mol. The lowest BCUT2D eigenvalue weighted by Crippen LogP contribution is -2.12. The lowest BCUT2D eigenvalue weighted by atomic mass is 10.3. The predicted molar refractivity (Wildman–Crippen MR) is 55.7 cm³/mol. The second-order valence-corrected chi connectivity index (χ2v) is 3.43. The summed E-state index contributed by atoms with van der Waals surface area (Å²) in [7, 11) is 0. The second-order valence-electron chi connectivity index (χ2n) is 3.43. The summed E-state index contributed by atoms with van der Waals surface area (Å²) in [5, 5.41) is 6.34. The Kier molecular flexibility index (Phi) is 3.45. The summed E-state index contributed by atoms with van der Waals surface area (Å²) in [5.74, 6) is 0.641. The van der Waals surface area contributed by atoms with Gasteiger partial charge in [-0.3, -0.25) is 0 Å². The molecule has 0 aliphatic carbocycles. The lowest BCUT2D eigenvalue weighted by Gasteiger charge is -2.08. The molecule has 18 heavy (non-hydrogen) atoms. The predicted octanol–water partition coefficient (Wildman–Crippen LogP) is 2.14. The highest BCUT2D eigenvalue weighted by Gasteiger charge is 2.32. The van der Waals surface area contributed by atoms with Crippen LogP contribution in [0.4, 0.5) is 19.0 Å². The first kappa shape index (κ1) is 12.3. The van der Waals surface area contributed by atoms with E-state index in [0.29, 0.717) is 18.8 Å². The first-order chi connectivity index (χ1) is 8.55. The average Bonchev–Trinajstić information content (AvgIpc) is 2.81. The molecule has 1 N–H and O–H groups in total. The van der Waals surface area contributed by atoms with Crippen molar-refractivity contribution in [1.29, 1.82) is 0 Å². The van der Waals surface area contributed by atoms with Gasteiger partial charge in [0.2, 0.25) is 6.39 Å². The monoisotopic (exact) mass is 258 g/mol. The fourth-order valence-corrected chi connectivity index (χ4v) is 1.30. The van der Waals surface area contributed by atoms with E-state index in [1.165, 1.54) is 18.5 Å². The molecule has 5 nitrogen and oxygen atoms in total. The summed E-state index contributed by atoms with van der Waals surface area (Å²) in [4.78, 5) is 7.25. The summed E-state index contributed by atoms with van der Waals surface area (Å²) >= 11 is 0. The molecule has 0 aliphatic heterocycles. The molecule has 0 radical (unpaired) electrons. The van der Waals surface area contributed by atoms with Gasteiger partial charge in [0, 0.05) is 13.0 Å². The van der Waals surface area contributed by atoms with Gasteiger partial charge < -0.3 is 9.84 Å². The molecule has 96 valence electrons. The molecule has 2 rings (SSSR count). The van der Waals surface area contributed by atoms with Gasteiger partial charge in [0.15, 0.2) is 5.82 Å². The highest BCUT2D eigenvalue weighted by atomic mass is 19.4. The third kappa shape index (κ3) is 3.19. The molecule has 2 heterocycles. The minimum absolute atomic E-state index is 0.160. The molecule has 0 saturated heterocycles. The normalized spacial score (nSPS) is 11.5. The van der Waals surface area contributed by atoms with Gasteiger partial charge >= 0.3 is 6.18 Å². The number of hydrogen-bond donors (Lipinski definition) is 1. The van der Waals surface area contributed by atoms with Gasteiger partial charge in [-0.25, -0.2) is 4.98 Å². The summed E-state index contributed by atoms with van der Waals surface area (Å²) in [5.41, 5.74) is -0.924. The Bertz CT molecular complexity index is 498. The van der Waals surface area contributed by atoms with E-state index >= 15 is 0 Å². The zero-order valence-corrected chi connectivity index (χ0v) is 9.11. The Morgan fingerprint density at radius 3 is 2.78 bits per heavy atom. The van der Waals surface area contributed by atoms with Gasteiger partial charge in [0.05, 0.1) is 0 Å². The van der Waals surface area contributed by atoms with Crippen LogP contribution in [-0.2, 0) is 12.6 Å². The van der Waals surface area contributed by atoms with Gasteiger partial charge in [0.25, 0.3) is 0 Å².